The maximum absolute atomic E-state index is 12.7. The molecule has 0 atom stereocenters. The second kappa shape index (κ2) is 9.09. The third-order valence-corrected chi connectivity index (χ3v) is 6.78. The molecule has 12 heteroatoms. The van der Waals surface area contributed by atoms with E-state index in [2.05, 4.69) is 0 Å². The number of rotatable bonds is 5. The van der Waals surface area contributed by atoms with Gasteiger partial charge in [0.1, 0.15) is 0 Å². The van der Waals surface area contributed by atoms with Crippen LogP contribution in [0.4, 0.5) is 18.9 Å². The highest BCUT2D eigenvalue weighted by Crippen LogP contribution is 2.30. The van der Waals surface area contributed by atoms with Crippen LogP contribution >= 0.6 is 0 Å². The average molecular weight is 469 g/mol. The summed E-state index contributed by atoms with van der Waals surface area (Å²) in [5.74, 6) is -0.386. The first kappa shape index (κ1) is 23.4. The van der Waals surface area contributed by atoms with Gasteiger partial charge >= 0.3 is 6.18 Å². The number of alkyl halides is 3. The molecule has 0 aliphatic carbocycles. The normalized spacial score (nSPS) is 15.8. The summed E-state index contributed by atoms with van der Waals surface area (Å²) in [5, 5.41) is 10.8. The smallest absolute Gasteiger partial charge is 0.337 e. The Morgan fingerprint density at radius 1 is 1.03 bits per heavy atom. The van der Waals surface area contributed by atoms with E-state index >= 15 is 0 Å². The van der Waals surface area contributed by atoms with Crippen LogP contribution in [0, 0.1) is 10.1 Å². The van der Waals surface area contributed by atoms with Crippen LogP contribution in [-0.2, 0) is 21.0 Å². The number of benzene rings is 2. The Balaban J connectivity index is 1.62. The number of sulfonamides is 1. The minimum atomic E-state index is -4.56. The number of halogens is 3. The van der Waals surface area contributed by atoms with E-state index in [0.717, 1.165) is 16.4 Å². The lowest BCUT2D eigenvalue weighted by molar-refractivity contribution is -0.384. The fourth-order valence-electron chi connectivity index (χ4n) is 3.13. The van der Waals surface area contributed by atoms with Crippen LogP contribution in [0.1, 0.15) is 11.1 Å². The molecule has 0 N–H and O–H groups in total. The van der Waals surface area contributed by atoms with Crippen molar-refractivity contribution in [2.24, 2.45) is 0 Å². The van der Waals surface area contributed by atoms with Crippen molar-refractivity contribution in [1.29, 1.82) is 0 Å². The highest BCUT2D eigenvalue weighted by Gasteiger charge is 2.33. The van der Waals surface area contributed by atoms with E-state index < -0.39 is 26.7 Å². The van der Waals surface area contributed by atoms with Gasteiger partial charge in [0, 0.05) is 44.4 Å². The predicted octanol–water partition coefficient (Wildman–Crippen LogP) is 3.16. The van der Waals surface area contributed by atoms with E-state index in [1.165, 1.54) is 35.3 Å². The van der Waals surface area contributed by atoms with E-state index in [1.807, 2.05) is 0 Å². The molecular formula is C20H18F3N3O5S. The zero-order chi connectivity index (χ0) is 23.5. The molecule has 2 aromatic carbocycles. The first-order valence-electron chi connectivity index (χ1n) is 9.37. The predicted molar refractivity (Wildman–Crippen MR) is 109 cm³/mol. The molecule has 1 heterocycles. The van der Waals surface area contributed by atoms with Gasteiger partial charge in [-0.2, -0.15) is 17.5 Å². The number of non-ortho nitro benzene ring substituents is 1. The number of nitrogens with zero attached hydrogens (tertiary/aromatic N) is 3. The Labute approximate surface area is 181 Å². The van der Waals surface area contributed by atoms with Crippen molar-refractivity contribution in [2.45, 2.75) is 11.1 Å². The van der Waals surface area contributed by atoms with Crippen LogP contribution < -0.4 is 0 Å². The maximum Gasteiger partial charge on any atom is 0.416 e. The molecule has 1 amide bonds. The van der Waals surface area contributed by atoms with E-state index in [9.17, 15) is 36.5 Å². The molecule has 0 saturated carbocycles. The van der Waals surface area contributed by atoms with Crippen molar-refractivity contribution in [2.75, 3.05) is 26.2 Å². The highest BCUT2D eigenvalue weighted by atomic mass is 32.2. The van der Waals surface area contributed by atoms with E-state index in [0.29, 0.717) is 17.7 Å². The molecule has 3 rings (SSSR count). The topological polar surface area (TPSA) is 101 Å². The first-order chi connectivity index (χ1) is 15.0. The minimum Gasteiger partial charge on any atom is -0.337 e. The van der Waals surface area contributed by atoms with Crippen LogP contribution in [0.15, 0.2) is 59.5 Å². The van der Waals surface area contributed by atoms with Gasteiger partial charge in [0.15, 0.2) is 0 Å². The van der Waals surface area contributed by atoms with Crippen LogP contribution in [0.3, 0.4) is 0 Å². The van der Waals surface area contributed by atoms with Gasteiger partial charge in [-0.05, 0) is 35.9 Å². The van der Waals surface area contributed by atoms with Gasteiger partial charge in [-0.15, -0.1) is 0 Å². The summed E-state index contributed by atoms with van der Waals surface area (Å²) < 4.78 is 64.6. The number of carbonyl (C=O) groups excluding carboxylic acids is 1. The lowest BCUT2D eigenvalue weighted by Crippen LogP contribution is -2.50. The average Bonchev–Trinajstić information content (AvgIpc) is 2.77. The van der Waals surface area contributed by atoms with Crippen molar-refractivity contribution >= 4 is 27.7 Å². The summed E-state index contributed by atoms with van der Waals surface area (Å²) in [5.41, 5.74) is -0.583. The molecule has 1 saturated heterocycles. The number of amides is 1. The minimum absolute atomic E-state index is 0.0141. The number of carbonyl (C=O) groups is 1. The van der Waals surface area contributed by atoms with Crippen LogP contribution in [0.25, 0.3) is 6.08 Å². The monoisotopic (exact) mass is 469 g/mol. The Bertz CT molecular complexity index is 1140. The number of hydrogen-bond donors (Lipinski definition) is 0. The maximum atomic E-state index is 12.7. The van der Waals surface area contributed by atoms with Gasteiger partial charge in [-0.3, -0.25) is 14.9 Å². The van der Waals surface area contributed by atoms with Gasteiger partial charge in [-0.1, -0.05) is 12.1 Å². The summed E-state index contributed by atoms with van der Waals surface area (Å²) in [6.07, 6.45) is -1.88. The van der Waals surface area contributed by atoms with Gasteiger partial charge in [-0.25, -0.2) is 8.42 Å². The first-order valence-corrected chi connectivity index (χ1v) is 10.8. The Morgan fingerprint density at radius 3 is 2.22 bits per heavy atom. The summed E-state index contributed by atoms with van der Waals surface area (Å²) in [6.45, 7) is 0.162. The van der Waals surface area contributed by atoms with E-state index in [4.69, 9.17) is 0 Å². The Morgan fingerprint density at radius 2 is 1.66 bits per heavy atom. The van der Waals surface area contributed by atoms with Crippen molar-refractivity contribution in [3.63, 3.8) is 0 Å². The molecule has 0 bridgehead atoms. The van der Waals surface area contributed by atoms with Crippen LogP contribution in [-0.4, -0.2) is 54.6 Å². The van der Waals surface area contributed by atoms with Gasteiger partial charge in [0.2, 0.25) is 15.9 Å². The molecule has 32 heavy (non-hydrogen) atoms. The fourth-order valence-corrected chi connectivity index (χ4v) is 4.55. The summed E-state index contributed by atoms with van der Waals surface area (Å²) in [6, 6.07) is 9.00. The molecule has 8 nitrogen and oxygen atoms in total. The fraction of sp³-hybridized carbons (Fsp3) is 0.250. The van der Waals surface area contributed by atoms with Crippen molar-refractivity contribution in [1.82, 2.24) is 9.21 Å². The van der Waals surface area contributed by atoms with Crippen molar-refractivity contribution in [3.8, 4) is 0 Å². The van der Waals surface area contributed by atoms with Gasteiger partial charge in [0.05, 0.1) is 15.4 Å². The highest BCUT2D eigenvalue weighted by molar-refractivity contribution is 7.89. The molecule has 0 radical (unpaired) electrons. The summed E-state index contributed by atoms with van der Waals surface area (Å²) in [4.78, 5) is 23.8. The molecular weight excluding hydrogens is 451 g/mol. The van der Waals surface area contributed by atoms with Crippen molar-refractivity contribution < 1.29 is 31.3 Å². The zero-order valence-electron chi connectivity index (χ0n) is 16.5. The number of piperazine rings is 1. The lowest BCUT2D eigenvalue weighted by Gasteiger charge is -2.33. The van der Waals surface area contributed by atoms with Crippen LogP contribution in [0.2, 0.25) is 0 Å². The summed E-state index contributed by atoms with van der Waals surface area (Å²) >= 11 is 0. The van der Waals surface area contributed by atoms with E-state index in [-0.39, 0.29) is 42.7 Å². The molecule has 0 spiro atoms. The Hall–Kier alpha value is -3.25. The summed E-state index contributed by atoms with van der Waals surface area (Å²) in [7, 11) is -4.00. The third kappa shape index (κ3) is 5.32. The van der Waals surface area contributed by atoms with E-state index in [1.54, 1.807) is 6.07 Å². The lowest BCUT2D eigenvalue weighted by atomic mass is 10.2. The molecule has 2 aromatic rings. The van der Waals surface area contributed by atoms with Crippen LogP contribution in [0.5, 0.6) is 0 Å². The van der Waals surface area contributed by atoms with Crippen molar-refractivity contribution in [3.05, 3.63) is 75.8 Å². The largest absolute Gasteiger partial charge is 0.416 e. The second-order valence-electron chi connectivity index (χ2n) is 6.94. The molecule has 0 unspecified atom stereocenters. The zero-order valence-corrected chi connectivity index (χ0v) is 17.3. The number of hydrogen-bond acceptors (Lipinski definition) is 5. The third-order valence-electron chi connectivity index (χ3n) is 4.87. The molecule has 0 aromatic heterocycles. The molecule has 1 aliphatic rings. The molecule has 1 fully saturated rings. The number of nitro benzene ring substituents is 1. The second-order valence-corrected chi connectivity index (χ2v) is 8.87. The quantitative estimate of drug-likeness (QED) is 0.380. The standard InChI is InChI=1S/C20H18F3N3O5S/c21-20(22,23)16-5-7-18(8-6-16)32(30,31)25-12-10-24(11-13-25)19(27)9-4-15-2-1-3-17(14-15)26(28)29/h1-9,14H,10-13H2/b9-4+. The molecule has 170 valence electrons. The van der Waals surface area contributed by atoms with Gasteiger partial charge < -0.3 is 4.90 Å². The van der Waals surface area contributed by atoms with Gasteiger partial charge in [0.25, 0.3) is 5.69 Å². The molecule has 1 aliphatic heterocycles. The Kier molecular flexibility index (Phi) is 6.65. The SMILES string of the molecule is O=C(/C=C/c1cccc([N+](=O)[O-])c1)N1CCN(S(=O)(=O)c2ccc(C(F)(F)F)cc2)CC1. The number of nitro groups is 1.